The zero-order valence-corrected chi connectivity index (χ0v) is 12.0. The van der Waals surface area contributed by atoms with Gasteiger partial charge in [-0.05, 0) is 38.5 Å². The largest absolute Gasteiger partial charge is 0.192 e. The molecular formula is C13H8BrClN4. The van der Waals surface area contributed by atoms with E-state index >= 15 is 0 Å². The quantitative estimate of drug-likeness (QED) is 0.716. The van der Waals surface area contributed by atoms with E-state index in [4.69, 9.17) is 11.6 Å². The van der Waals surface area contributed by atoms with Crippen LogP contribution in [0.2, 0.25) is 5.02 Å². The van der Waals surface area contributed by atoms with Crippen molar-refractivity contribution in [2.24, 2.45) is 0 Å². The fourth-order valence-corrected chi connectivity index (χ4v) is 2.37. The molecule has 94 valence electrons. The van der Waals surface area contributed by atoms with E-state index in [2.05, 4.69) is 31.5 Å². The summed E-state index contributed by atoms with van der Waals surface area (Å²) < 4.78 is 2.42. The van der Waals surface area contributed by atoms with Crippen molar-refractivity contribution >= 4 is 27.5 Å². The van der Waals surface area contributed by atoms with Crippen LogP contribution in [-0.4, -0.2) is 20.2 Å². The van der Waals surface area contributed by atoms with Crippen LogP contribution >= 0.6 is 27.5 Å². The van der Waals surface area contributed by atoms with Crippen molar-refractivity contribution in [3.05, 3.63) is 58.0 Å². The third kappa shape index (κ3) is 2.27. The molecule has 0 radical (unpaired) electrons. The van der Waals surface area contributed by atoms with Crippen LogP contribution in [0.1, 0.15) is 0 Å². The summed E-state index contributed by atoms with van der Waals surface area (Å²) in [6, 6.07) is 15.3. The van der Waals surface area contributed by atoms with Gasteiger partial charge in [-0.25, -0.2) is 0 Å². The van der Waals surface area contributed by atoms with Crippen LogP contribution in [0, 0.1) is 0 Å². The molecule has 0 aliphatic carbocycles. The van der Waals surface area contributed by atoms with Gasteiger partial charge >= 0.3 is 0 Å². The second kappa shape index (κ2) is 5.11. The standard InChI is InChI=1S/C13H8BrClN4/c14-12-10(15)7-4-8-11(12)19-13(16-17-18-19)9-5-2-1-3-6-9/h1-8H. The molecule has 4 nitrogen and oxygen atoms in total. The fraction of sp³-hybridized carbons (Fsp3) is 0. The van der Waals surface area contributed by atoms with Crippen LogP contribution in [0.25, 0.3) is 17.1 Å². The molecule has 1 heterocycles. The van der Waals surface area contributed by atoms with Gasteiger partial charge in [-0.3, -0.25) is 0 Å². The van der Waals surface area contributed by atoms with Gasteiger partial charge in [0.2, 0.25) is 0 Å². The lowest BCUT2D eigenvalue weighted by Crippen LogP contribution is -2.01. The number of nitrogens with zero attached hydrogens (tertiary/aromatic N) is 4. The summed E-state index contributed by atoms with van der Waals surface area (Å²) in [6.45, 7) is 0. The Bertz CT molecular complexity index is 712. The maximum absolute atomic E-state index is 6.10. The molecule has 0 fully saturated rings. The maximum atomic E-state index is 6.10. The number of tetrazole rings is 1. The van der Waals surface area contributed by atoms with Crippen LogP contribution in [0.4, 0.5) is 0 Å². The van der Waals surface area contributed by atoms with Crippen molar-refractivity contribution in [2.75, 3.05) is 0 Å². The highest BCUT2D eigenvalue weighted by molar-refractivity contribution is 9.10. The molecule has 6 heteroatoms. The maximum Gasteiger partial charge on any atom is 0.187 e. The zero-order chi connectivity index (χ0) is 13.2. The zero-order valence-electron chi connectivity index (χ0n) is 9.66. The number of hydrogen-bond acceptors (Lipinski definition) is 3. The first-order chi connectivity index (χ1) is 9.27. The van der Waals surface area contributed by atoms with Gasteiger partial charge in [0, 0.05) is 5.56 Å². The Labute approximate surface area is 123 Å². The first-order valence-electron chi connectivity index (χ1n) is 5.55. The van der Waals surface area contributed by atoms with Crippen LogP contribution in [0.5, 0.6) is 0 Å². The highest BCUT2D eigenvalue weighted by Gasteiger charge is 2.13. The highest BCUT2D eigenvalue weighted by atomic mass is 79.9. The van der Waals surface area contributed by atoms with E-state index in [1.54, 1.807) is 4.68 Å². The molecule has 0 aliphatic rings. The van der Waals surface area contributed by atoms with E-state index in [1.807, 2.05) is 48.5 Å². The van der Waals surface area contributed by atoms with Crippen molar-refractivity contribution in [1.29, 1.82) is 0 Å². The van der Waals surface area contributed by atoms with Gasteiger partial charge in [-0.15, -0.1) is 5.10 Å². The van der Waals surface area contributed by atoms with Gasteiger partial charge in [-0.2, -0.15) is 4.68 Å². The number of benzene rings is 2. The number of rotatable bonds is 2. The SMILES string of the molecule is Clc1cccc(-n2nnnc2-c2ccccc2)c1Br. The van der Waals surface area contributed by atoms with Gasteiger partial charge in [-0.1, -0.05) is 48.0 Å². The van der Waals surface area contributed by atoms with Gasteiger partial charge in [0.1, 0.15) is 0 Å². The average Bonchev–Trinajstić information content (AvgIpc) is 2.92. The Balaban J connectivity index is 2.18. The molecule has 3 rings (SSSR count). The highest BCUT2D eigenvalue weighted by Crippen LogP contribution is 2.30. The Kier molecular flexibility index (Phi) is 3.31. The molecular weight excluding hydrogens is 328 g/mol. The summed E-state index contributed by atoms with van der Waals surface area (Å²) in [6.07, 6.45) is 0. The molecule has 0 amide bonds. The first kappa shape index (κ1) is 12.3. The summed E-state index contributed by atoms with van der Waals surface area (Å²) in [7, 11) is 0. The van der Waals surface area contributed by atoms with Gasteiger partial charge in [0.15, 0.2) is 5.82 Å². The summed E-state index contributed by atoms with van der Waals surface area (Å²) >= 11 is 9.56. The molecule has 0 saturated heterocycles. The summed E-state index contributed by atoms with van der Waals surface area (Å²) in [5.74, 6) is 0.670. The molecule has 0 N–H and O–H groups in total. The van der Waals surface area contributed by atoms with E-state index in [0.717, 1.165) is 15.7 Å². The predicted molar refractivity (Wildman–Crippen MR) is 77.3 cm³/mol. The second-order valence-corrected chi connectivity index (χ2v) is 5.05. The molecule has 0 saturated carbocycles. The van der Waals surface area contributed by atoms with Crippen molar-refractivity contribution in [3.63, 3.8) is 0 Å². The topological polar surface area (TPSA) is 43.6 Å². The molecule has 2 aromatic carbocycles. The average molecular weight is 336 g/mol. The Morgan fingerprint density at radius 1 is 1.00 bits per heavy atom. The minimum atomic E-state index is 0.618. The summed E-state index contributed by atoms with van der Waals surface area (Å²) in [5, 5.41) is 12.5. The van der Waals surface area contributed by atoms with Crippen LogP contribution in [-0.2, 0) is 0 Å². The molecule has 0 unspecified atom stereocenters. The van der Waals surface area contributed by atoms with E-state index in [1.165, 1.54) is 0 Å². The lowest BCUT2D eigenvalue weighted by Gasteiger charge is -2.07. The molecule has 3 aromatic rings. The molecule has 0 spiro atoms. The molecule has 19 heavy (non-hydrogen) atoms. The van der Waals surface area contributed by atoms with E-state index in [0.29, 0.717) is 10.8 Å². The van der Waals surface area contributed by atoms with Crippen LogP contribution in [0.15, 0.2) is 53.0 Å². The minimum absolute atomic E-state index is 0.618. The van der Waals surface area contributed by atoms with Crippen molar-refractivity contribution < 1.29 is 0 Å². The fourth-order valence-electron chi connectivity index (χ4n) is 1.77. The molecule has 0 atom stereocenters. The predicted octanol–water partition coefficient (Wildman–Crippen LogP) is 3.75. The molecule has 1 aromatic heterocycles. The molecule has 0 aliphatic heterocycles. The lowest BCUT2D eigenvalue weighted by atomic mass is 10.2. The van der Waals surface area contributed by atoms with Crippen LogP contribution in [0.3, 0.4) is 0 Å². The van der Waals surface area contributed by atoms with Crippen LogP contribution < -0.4 is 0 Å². The summed E-state index contributed by atoms with van der Waals surface area (Å²) in [4.78, 5) is 0. The Morgan fingerprint density at radius 3 is 2.58 bits per heavy atom. The normalized spacial score (nSPS) is 10.6. The first-order valence-corrected chi connectivity index (χ1v) is 6.72. The molecule has 0 bridgehead atoms. The second-order valence-electron chi connectivity index (χ2n) is 3.85. The minimum Gasteiger partial charge on any atom is -0.192 e. The van der Waals surface area contributed by atoms with Gasteiger partial charge in [0.05, 0.1) is 15.2 Å². The van der Waals surface area contributed by atoms with Gasteiger partial charge < -0.3 is 0 Å². The smallest absolute Gasteiger partial charge is 0.187 e. The van der Waals surface area contributed by atoms with E-state index in [9.17, 15) is 0 Å². The third-order valence-corrected chi connectivity index (χ3v) is 4.04. The lowest BCUT2D eigenvalue weighted by molar-refractivity contribution is 0.789. The van der Waals surface area contributed by atoms with E-state index in [-0.39, 0.29) is 0 Å². The Hall–Kier alpha value is -1.72. The summed E-state index contributed by atoms with van der Waals surface area (Å²) in [5.41, 5.74) is 1.75. The van der Waals surface area contributed by atoms with Crippen molar-refractivity contribution in [2.45, 2.75) is 0 Å². The number of aromatic nitrogens is 4. The number of halogens is 2. The van der Waals surface area contributed by atoms with Crippen molar-refractivity contribution in [1.82, 2.24) is 20.2 Å². The Morgan fingerprint density at radius 2 is 1.79 bits per heavy atom. The third-order valence-electron chi connectivity index (χ3n) is 2.66. The van der Waals surface area contributed by atoms with Crippen molar-refractivity contribution in [3.8, 4) is 17.1 Å². The van der Waals surface area contributed by atoms with Gasteiger partial charge in [0.25, 0.3) is 0 Å². The monoisotopic (exact) mass is 334 g/mol. The van der Waals surface area contributed by atoms with E-state index < -0.39 is 0 Å². The number of hydrogen-bond donors (Lipinski definition) is 0.